The Morgan fingerprint density at radius 1 is 1.38 bits per heavy atom. The molecule has 0 saturated carbocycles. The van der Waals surface area contributed by atoms with Crippen LogP contribution in [0.1, 0.15) is 0 Å². The normalized spacial score (nSPS) is 45.5. The van der Waals surface area contributed by atoms with Crippen LogP contribution in [0.4, 0.5) is 0 Å². The number of aliphatic hydroxyl groups is 4. The molecule has 0 spiro atoms. The predicted molar refractivity (Wildman–Crippen MR) is 40.3 cm³/mol. The van der Waals surface area contributed by atoms with Crippen LogP contribution in [0.5, 0.6) is 0 Å². The fourth-order valence-corrected chi connectivity index (χ4v) is 1.28. The lowest BCUT2D eigenvalue weighted by Crippen LogP contribution is -2.55. The summed E-state index contributed by atoms with van der Waals surface area (Å²) in [6.45, 7) is -1.33. The van der Waals surface area contributed by atoms with E-state index in [0.717, 1.165) is 0 Å². The minimum Gasteiger partial charge on any atom is -0.786 e. The molecule has 7 nitrogen and oxygen atoms in total. The minimum absolute atomic E-state index is 0.540. The van der Waals surface area contributed by atoms with E-state index in [-0.39, 0.29) is 0 Å². The average Bonchev–Trinajstić information content (AvgIpc) is 2.42. The van der Waals surface area contributed by atoms with E-state index in [0.29, 0.717) is 0 Å². The van der Waals surface area contributed by atoms with Gasteiger partial charge in [0.2, 0.25) is 0 Å². The molecule has 1 aliphatic rings. The maximum Gasteiger partial charge on any atom is 0.160 e. The van der Waals surface area contributed by atoms with E-state index in [4.69, 9.17) is 14.9 Å². The minimum atomic E-state index is -1.92. The molecule has 1 aliphatic heterocycles. The molecule has 7 heteroatoms. The van der Waals surface area contributed by atoms with Crippen molar-refractivity contribution in [1.82, 2.24) is 5.48 Å². The molecule has 0 radical (unpaired) electrons. The SMILES string of the molecule is [O-]NC1(CO)O[C@H](CO)[C@@H](O)[C@@H]1O. The summed E-state index contributed by atoms with van der Waals surface area (Å²) in [4.78, 5) is 0. The Morgan fingerprint density at radius 3 is 2.23 bits per heavy atom. The van der Waals surface area contributed by atoms with Crippen molar-refractivity contribution < 1.29 is 25.2 Å². The van der Waals surface area contributed by atoms with Gasteiger partial charge in [0, 0.05) is 0 Å². The molecule has 13 heavy (non-hydrogen) atoms. The lowest BCUT2D eigenvalue weighted by Gasteiger charge is -2.34. The topological polar surface area (TPSA) is 125 Å². The lowest BCUT2D eigenvalue weighted by atomic mass is 10.0. The molecule has 1 saturated heterocycles. The number of hydrogen-bond donors (Lipinski definition) is 5. The van der Waals surface area contributed by atoms with Crippen LogP contribution in [0, 0.1) is 5.21 Å². The number of ether oxygens (including phenoxy) is 1. The molecule has 78 valence electrons. The van der Waals surface area contributed by atoms with E-state index >= 15 is 0 Å². The Morgan fingerprint density at radius 2 is 2.00 bits per heavy atom. The van der Waals surface area contributed by atoms with Crippen molar-refractivity contribution in [2.24, 2.45) is 0 Å². The molecule has 1 unspecified atom stereocenters. The van der Waals surface area contributed by atoms with Gasteiger partial charge in [0.05, 0.1) is 13.2 Å². The molecule has 1 heterocycles. The van der Waals surface area contributed by atoms with Crippen molar-refractivity contribution in [3.63, 3.8) is 0 Å². The predicted octanol–water partition coefficient (Wildman–Crippen LogP) is -3.12. The molecule has 1 rings (SSSR count). The van der Waals surface area contributed by atoms with E-state index < -0.39 is 37.3 Å². The Balaban J connectivity index is 2.79. The van der Waals surface area contributed by atoms with Crippen molar-refractivity contribution in [1.29, 1.82) is 0 Å². The third-order valence-corrected chi connectivity index (χ3v) is 2.13. The summed E-state index contributed by atoms with van der Waals surface area (Å²) in [5.41, 5.74) is -0.596. The van der Waals surface area contributed by atoms with Crippen LogP contribution in [0.25, 0.3) is 0 Å². The molecule has 0 bridgehead atoms. The number of aliphatic hydroxyl groups excluding tert-OH is 4. The molecule has 1 fully saturated rings. The second-order valence-electron chi connectivity index (χ2n) is 2.92. The highest BCUT2D eigenvalue weighted by atomic mass is 16.6. The zero-order chi connectivity index (χ0) is 10.1. The summed E-state index contributed by atoms with van der Waals surface area (Å²) in [6, 6.07) is 0. The molecule has 0 aliphatic carbocycles. The number of nitrogens with one attached hydrogen (secondary N) is 1. The van der Waals surface area contributed by atoms with Crippen LogP contribution in [0.3, 0.4) is 0 Å². The maximum absolute atomic E-state index is 10.4. The van der Waals surface area contributed by atoms with Crippen molar-refractivity contribution in [2.75, 3.05) is 13.2 Å². The molecular weight excluding hydrogens is 182 g/mol. The van der Waals surface area contributed by atoms with E-state index in [1.807, 2.05) is 0 Å². The molecule has 0 amide bonds. The molecule has 0 aromatic rings. The molecule has 5 N–H and O–H groups in total. The van der Waals surface area contributed by atoms with Crippen LogP contribution in [0.15, 0.2) is 0 Å². The summed E-state index contributed by atoms with van der Waals surface area (Å²) >= 11 is 0. The first-order valence-electron chi connectivity index (χ1n) is 3.76. The summed E-state index contributed by atoms with van der Waals surface area (Å²) in [5.74, 6) is 0. The highest BCUT2D eigenvalue weighted by Gasteiger charge is 2.51. The fraction of sp³-hybridized carbons (Fsp3) is 1.00. The first kappa shape index (κ1) is 10.8. The largest absolute Gasteiger partial charge is 0.786 e. The van der Waals surface area contributed by atoms with Gasteiger partial charge >= 0.3 is 0 Å². The third-order valence-electron chi connectivity index (χ3n) is 2.13. The number of hydrogen-bond acceptors (Lipinski definition) is 7. The van der Waals surface area contributed by atoms with Crippen LogP contribution < -0.4 is 5.48 Å². The molecule has 4 atom stereocenters. The van der Waals surface area contributed by atoms with Crippen LogP contribution in [0.2, 0.25) is 0 Å². The van der Waals surface area contributed by atoms with E-state index in [2.05, 4.69) is 0 Å². The Labute approximate surface area is 74.1 Å². The van der Waals surface area contributed by atoms with Gasteiger partial charge in [0.15, 0.2) is 5.72 Å². The highest BCUT2D eigenvalue weighted by molar-refractivity contribution is 5.00. The molecular formula is C6H12NO6-. The summed E-state index contributed by atoms with van der Waals surface area (Å²) in [5, 5.41) is 46.4. The number of rotatable bonds is 3. The second kappa shape index (κ2) is 3.84. The lowest BCUT2D eigenvalue weighted by molar-refractivity contribution is -0.131. The van der Waals surface area contributed by atoms with Gasteiger partial charge in [-0.1, -0.05) is 0 Å². The molecule has 0 aromatic carbocycles. The average molecular weight is 194 g/mol. The number of hydroxylamine groups is 1. The van der Waals surface area contributed by atoms with E-state index in [1.54, 1.807) is 0 Å². The standard InChI is InChI=1S/C6H12NO6/c8-1-3-4(10)5(11)6(2-9,7-12)13-3/h3-5,7-11H,1-2H2/q-1/t3-,4-,5+,6?/m1/s1. The van der Waals surface area contributed by atoms with Gasteiger partial charge in [-0.3, -0.25) is 0 Å². The van der Waals surface area contributed by atoms with Gasteiger partial charge in [-0.05, 0) is 0 Å². The Kier molecular flexibility index (Phi) is 3.19. The smallest absolute Gasteiger partial charge is 0.160 e. The van der Waals surface area contributed by atoms with Gasteiger partial charge in [0.25, 0.3) is 0 Å². The van der Waals surface area contributed by atoms with Gasteiger partial charge < -0.3 is 35.9 Å². The second-order valence-corrected chi connectivity index (χ2v) is 2.92. The van der Waals surface area contributed by atoms with Crippen LogP contribution >= 0.6 is 0 Å². The van der Waals surface area contributed by atoms with E-state index in [9.17, 15) is 15.4 Å². The first-order valence-corrected chi connectivity index (χ1v) is 3.76. The van der Waals surface area contributed by atoms with Crippen molar-refractivity contribution in [3.05, 3.63) is 5.21 Å². The first-order chi connectivity index (χ1) is 6.11. The van der Waals surface area contributed by atoms with Gasteiger partial charge in [0.1, 0.15) is 18.3 Å². The van der Waals surface area contributed by atoms with Crippen molar-refractivity contribution >= 4 is 0 Å². The Bertz CT molecular complexity index is 173. The summed E-state index contributed by atoms with van der Waals surface area (Å²) in [7, 11) is 0. The summed E-state index contributed by atoms with van der Waals surface area (Å²) < 4.78 is 4.80. The maximum atomic E-state index is 10.4. The quantitative estimate of drug-likeness (QED) is 0.301. The summed E-state index contributed by atoms with van der Waals surface area (Å²) in [6.07, 6.45) is -4.02. The Hall–Kier alpha value is -0.280. The van der Waals surface area contributed by atoms with Crippen molar-refractivity contribution in [2.45, 2.75) is 24.0 Å². The highest BCUT2D eigenvalue weighted by Crippen LogP contribution is 2.28. The third kappa shape index (κ3) is 1.55. The monoisotopic (exact) mass is 194 g/mol. The van der Waals surface area contributed by atoms with Gasteiger partial charge in [-0.15, -0.1) is 0 Å². The van der Waals surface area contributed by atoms with Crippen molar-refractivity contribution in [3.8, 4) is 0 Å². The zero-order valence-corrected chi connectivity index (χ0v) is 6.75. The fourth-order valence-electron chi connectivity index (χ4n) is 1.28. The van der Waals surface area contributed by atoms with Gasteiger partial charge in [-0.25, -0.2) is 0 Å². The van der Waals surface area contributed by atoms with Crippen LogP contribution in [-0.2, 0) is 4.74 Å². The van der Waals surface area contributed by atoms with Gasteiger partial charge in [-0.2, -0.15) is 0 Å². The van der Waals surface area contributed by atoms with E-state index in [1.165, 1.54) is 5.48 Å². The molecule has 0 aromatic heterocycles. The van der Waals surface area contributed by atoms with Crippen LogP contribution in [-0.4, -0.2) is 57.7 Å². The zero-order valence-electron chi connectivity index (χ0n) is 6.75.